The minimum atomic E-state index is 0.124. The maximum atomic E-state index is 12.1. The number of carbonyl (C=O) groups is 1. The van der Waals surface area contributed by atoms with Crippen molar-refractivity contribution in [3.63, 3.8) is 0 Å². The predicted octanol–water partition coefficient (Wildman–Crippen LogP) is 0.768. The van der Waals surface area contributed by atoms with Crippen LogP contribution in [-0.4, -0.2) is 22.4 Å². The van der Waals surface area contributed by atoms with Crippen molar-refractivity contribution >= 4 is 18.1 Å². The van der Waals surface area contributed by atoms with E-state index in [4.69, 9.17) is 0 Å². The molecule has 2 rings (SSSR count). The molecule has 0 unspecified atom stereocenters. The Morgan fingerprint density at radius 3 is 2.53 bits per heavy atom. The highest BCUT2D eigenvalue weighted by Crippen LogP contribution is 2.16. The van der Waals surface area contributed by atoms with Crippen molar-refractivity contribution in [3.8, 4) is 0 Å². The van der Waals surface area contributed by atoms with E-state index in [2.05, 4.69) is 10.6 Å². The molecule has 3 heteroatoms. The lowest BCUT2D eigenvalue weighted by atomic mass is 10.2. The van der Waals surface area contributed by atoms with Gasteiger partial charge in [-0.05, 0) is 13.8 Å². The molecule has 0 spiro atoms. The molecule has 0 aliphatic carbocycles. The quantitative estimate of drug-likeness (QED) is 0.699. The molecule has 1 aromatic rings. The minimum absolute atomic E-state index is 0.124. The van der Waals surface area contributed by atoms with Crippen LogP contribution in [0.3, 0.4) is 0 Å². The summed E-state index contributed by atoms with van der Waals surface area (Å²) in [5.41, 5.74) is 1.97. The Bertz CT molecular complexity index is 605. The number of hydrogen-bond donors (Lipinski definition) is 0. The van der Waals surface area contributed by atoms with Gasteiger partial charge >= 0.3 is 0 Å². The Morgan fingerprint density at radius 2 is 1.94 bits per heavy atom. The van der Waals surface area contributed by atoms with Gasteiger partial charge in [-0.2, -0.15) is 0 Å². The molecule has 1 aliphatic heterocycles. The maximum Gasteiger partial charge on any atom is 0.256 e. The molecule has 90 valence electrons. The molecule has 1 aromatic heterocycles. The first-order valence-electron chi connectivity index (χ1n) is 5.84. The van der Waals surface area contributed by atoms with Gasteiger partial charge in [-0.15, -0.1) is 0 Å². The number of fused-ring (bicyclic) bond motifs is 1. The van der Waals surface area contributed by atoms with Gasteiger partial charge in [-0.1, -0.05) is 24.3 Å². The Labute approximate surface area is 101 Å². The van der Waals surface area contributed by atoms with Gasteiger partial charge in [0.1, 0.15) is 0 Å². The smallest absolute Gasteiger partial charge is 0.256 e. The number of rotatable bonds is 1. The molecule has 2 heterocycles. The lowest BCUT2D eigenvalue weighted by Crippen LogP contribution is -2.33. The normalized spacial score (nSPS) is 17.6. The number of hydrogen-bond acceptors (Lipinski definition) is 1. The predicted molar refractivity (Wildman–Crippen MR) is 69.9 cm³/mol. The molecule has 0 aromatic carbocycles. The van der Waals surface area contributed by atoms with Crippen molar-refractivity contribution in [2.75, 3.05) is 7.05 Å². The summed E-state index contributed by atoms with van der Waals surface area (Å²) in [5.74, 6) is 0.124. The van der Waals surface area contributed by atoms with Crippen LogP contribution in [0, 0.1) is 0 Å². The summed E-state index contributed by atoms with van der Waals surface area (Å²) in [6, 6.07) is 0. The van der Waals surface area contributed by atoms with E-state index in [0.717, 1.165) is 21.8 Å². The van der Waals surface area contributed by atoms with Gasteiger partial charge in [0.2, 0.25) is 0 Å². The highest BCUT2D eigenvalue weighted by atomic mass is 16.2. The highest BCUT2D eigenvalue weighted by Gasteiger charge is 2.29. The zero-order chi connectivity index (χ0) is 12.6. The van der Waals surface area contributed by atoms with Crippen LogP contribution in [0.25, 0.3) is 12.2 Å². The van der Waals surface area contributed by atoms with Crippen LogP contribution < -0.4 is 10.6 Å². The topological polar surface area (TPSA) is 25.2 Å². The van der Waals surface area contributed by atoms with Gasteiger partial charge in [0, 0.05) is 24.7 Å². The summed E-state index contributed by atoms with van der Waals surface area (Å²) in [6.45, 7) is 4.68. The Morgan fingerprint density at radius 1 is 1.24 bits per heavy atom. The van der Waals surface area contributed by atoms with Crippen LogP contribution in [0.15, 0.2) is 12.2 Å². The van der Waals surface area contributed by atoms with E-state index in [1.165, 1.54) is 0 Å². The van der Waals surface area contributed by atoms with Crippen molar-refractivity contribution in [1.29, 1.82) is 0 Å². The molecule has 0 atom stereocenters. The number of nitrogens with zero attached hydrogens (tertiary/aromatic N) is 2. The molecule has 0 saturated carbocycles. The number of amides is 1. The fourth-order valence-corrected chi connectivity index (χ4v) is 2.40. The van der Waals surface area contributed by atoms with E-state index in [1.807, 2.05) is 46.2 Å². The summed E-state index contributed by atoms with van der Waals surface area (Å²) in [4.78, 5) is 13.9. The van der Waals surface area contributed by atoms with E-state index in [-0.39, 0.29) is 5.91 Å². The van der Waals surface area contributed by atoms with Crippen molar-refractivity contribution in [2.24, 2.45) is 7.05 Å². The number of carbonyl (C=O) groups excluding carboxylic acids is 1. The Balaban J connectivity index is 2.84. The summed E-state index contributed by atoms with van der Waals surface area (Å²) in [7, 11) is 3.87. The minimum Gasteiger partial charge on any atom is -0.346 e. The second-order valence-electron chi connectivity index (χ2n) is 4.32. The van der Waals surface area contributed by atoms with E-state index >= 15 is 0 Å². The third-order valence-electron chi connectivity index (χ3n) is 3.28. The molecule has 17 heavy (non-hydrogen) atoms. The fraction of sp³-hybridized carbons (Fsp3) is 0.357. The molecule has 0 bridgehead atoms. The molecule has 1 aliphatic rings. The number of allylic oxidation sites excluding steroid dienone is 2. The lowest BCUT2D eigenvalue weighted by Gasteiger charge is -2.07. The van der Waals surface area contributed by atoms with E-state index in [1.54, 1.807) is 4.90 Å². The second-order valence-corrected chi connectivity index (χ2v) is 4.32. The Kier molecular flexibility index (Phi) is 2.92. The van der Waals surface area contributed by atoms with Gasteiger partial charge in [0.05, 0.1) is 17.8 Å². The number of aromatic nitrogens is 1. The van der Waals surface area contributed by atoms with Crippen LogP contribution in [0.5, 0.6) is 0 Å². The monoisotopic (exact) mass is 230 g/mol. The SMILES string of the molecule is C\C=C/C=c1/c2c(n(C)/c1=C/C)CN(C)C2=O. The lowest BCUT2D eigenvalue weighted by molar-refractivity contribution is 0.0814. The molecule has 1 amide bonds. The summed E-state index contributed by atoms with van der Waals surface area (Å²) in [5, 5.41) is 2.16. The molecule has 0 radical (unpaired) electrons. The maximum absolute atomic E-state index is 12.1. The third-order valence-corrected chi connectivity index (χ3v) is 3.28. The van der Waals surface area contributed by atoms with Crippen LogP contribution in [0.1, 0.15) is 29.9 Å². The first-order valence-corrected chi connectivity index (χ1v) is 5.84. The van der Waals surface area contributed by atoms with Crippen LogP contribution in [-0.2, 0) is 13.6 Å². The summed E-state index contributed by atoms with van der Waals surface area (Å²) in [6.07, 6.45) is 8.03. The van der Waals surface area contributed by atoms with Crippen molar-refractivity contribution in [2.45, 2.75) is 20.4 Å². The van der Waals surface area contributed by atoms with Crippen LogP contribution >= 0.6 is 0 Å². The zero-order valence-corrected chi connectivity index (χ0v) is 10.8. The van der Waals surface area contributed by atoms with Crippen molar-refractivity contribution in [3.05, 3.63) is 34.0 Å². The first kappa shape index (κ1) is 11.7. The Hall–Kier alpha value is -1.77. The van der Waals surface area contributed by atoms with Crippen molar-refractivity contribution < 1.29 is 4.79 Å². The van der Waals surface area contributed by atoms with Gasteiger partial charge in [-0.25, -0.2) is 0 Å². The van der Waals surface area contributed by atoms with E-state index < -0.39 is 0 Å². The molecular formula is C14H18N2O. The fourth-order valence-electron chi connectivity index (χ4n) is 2.40. The average Bonchev–Trinajstić information content (AvgIpc) is 2.74. The zero-order valence-electron chi connectivity index (χ0n) is 10.8. The molecule has 0 fully saturated rings. The van der Waals surface area contributed by atoms with Gasteiger partial charge < -0.3 is 9.47 Å². The summed E-state index contributed by atoms with van der Waals surface area (Å²) >= 11 is 0. The van der Waals surface area contributed by atoms with Crippen LogP contribution in [0.4, 0.5) is 0 Å². The largest absolute Gasteiger partial charge is 0.346 e. The second kappa shape index (κ2) is 4.24. The molecule has 0 N–H and O–H groups in total. The third kappa shape index (κ3) is 1.62. The highest BCUT2D eigenvalue weighted by molar-refractivity contribution is 5.98. The van der Waals surface area contributed by atoms with E-state index in [0.29, 0.717) is 6.54 Å². The van der Waals surface area contributed by atoms with E-state index in [9.17, 15) is 4.79 Å². The van der Waals surface area contributed by atoms with Gasteiger partial charge in [0.15, 0.2) is 0 Å². The van der Waals surface area contributed by atoms with Crippen LogP contribution in [0.2, 0.25) is 0 Å². The standard InChI is InChI=1S/C14H18N2O/c1-5-7-8-10-11(6-2)16(4)12-9-15(3)14(17)13(10)12/h5-8H,9H2,1-4H3/b7-5-,10-8+,11-6+. The first-order chi connectivity index (χ1) is 8.11. The average molecular weight is 230 g/mol. The molecule has 3 nitrogen and oxygen atoms in total. The van der Waals surface area contributed by atoms with Crippen molar-refractivity contribution in [1.82, 2.24) is 9.47 Å². The molecular weight excluding hydrogens is 212 g/mol. The summed E-state index contributed by atoms with van der Waals surface area (Å²) < 4.78 is 2.12. The van der Waals surface area contributed by atoms with Gasteiger partial charge in [0.25, 0.3) is 5.91 Å². The van der Waals surface area contributed by atoms with Gasteiger partial charge in [-0.3, -0.25) is 4.79 Å². The molecule has 0 saturated heterocycles.